The number of nitrogens with zero attached hydrogens (tertiary/aromatic N) is 2. The van der Waals surface area contributed by atoms with Gasteiger partial charge in [-0.2, -0.15) is 0 Å². The van der Waals surface area contributed by atoms with Crippen molar-refractivity contribution in [3.05, 3.63) is 52.0 Å². The molecule has 0 saturated carbocycles. The highest BCUT2D eigenvalue weighted by Gasteiger charge is 2.09. The van der Waals surface area contributed by atoms with Gasteiger partial charge in [0, 0.05) is 25.0 Å². The highest BCUT2D eigenvalue weighted by molar-refractivity contribution is 7.09. The summed E-state index contributed by atoms with van der Waals surface area (Å²) in [5.74, 6) is 0. The average molecular weight is 290 g/mol. The number of benzene rings is 1. The minimum Gasteiger partial charge on any atom is -0.395 e. The molecule has 1 N–H and O–H groups in total. The molecule has 0 aliphatic heterocycles. The Balaban J connectivity index is 1.97. The van der Waals surface area contributed by atoms with E-state index in [0.717, 1.165) is 31.6 Å². The van der Waals surface area contributed by atoms with Crippen LogP contribution in [0.2, 0.25) is 0 Å². The lowest BCUT2D eigenvalue weighted by atomic mass is 10.2. The van der Waals surface area contributed by atoms with Crippen LogP contribution in [0.4, 0.5) is 0 Å². The summed E-state index contributed by atoms with van der Waals surface area (Å²) in [6.45, 7) is 4.68. The van der Waals surface area contributed by atoms with E-state index in [2.05, 4.69) is 46.5 Å². The number of aromatic nitrogens is 1. The van der Waals surface area contributed by atoms with E-state index in [4.69, 9.17) is 0 Å². The summed E-state index contributed by atoms with van der Waals surface area (Å²) in [6.07, 6.45) is 2.20. The number of hydrogen-bond donors (Lipinski definition) is 1. The number of aliphatic hydroxyl groups is 1. The molecule has 0 saturated heterocycles. The van der Waals surface area contributed by atoms with Gasteiger partial charge in [-0.15, -0.1) is 11.3 Å². The molecular weight excluding hydrogens is 268 g/mol. The summed E-state index contributed by atoms with van der Waals surface area (Å²) in [4.78, 5) is 6.90. The Morgan fingerprint density at radius 3 is 2.70 bits per heavy atom. The highest BCUT2D eigenvalue weighted by atomic mass is 32.1. The smallest absolute Gasteiger partial charge is 0.0928 e. The summed E-state index contributed by atoms with van der Waals surface area (Å²) in [5.41, 5.74) is 2.38. The summed E-state index contributed by atoms with van der Waals surface area (Å²) >= 11 is 1.74. The van der Waals surface area contributed by atoms with Crippen LogP contribution in [0.5, 0.6) is 0 Å². The lowest BCUT2D eigenvalue weighted by Crippen LogP contribution is -2.26. The maximum atomic E-state index is 9.22. The number of rotatable bonds is 8. The molecular formula is C16H22N2OS. The maximum Gasteiger partial charge on any atom is 0.0928 e. The van der Waals surface area contributed by atoms with Crippen molar-refractivity contribution in [2.45, 2.75) is 32.9 Å². The molecule has 2 rings (SSSR count). The molecule has 0 aliphatic rings. The van der Waals surface area contributed by atoms with Crippen LogP contribution in [0.3, 0.4) is 0 Å². The van der Waals surface area contributed by atoms with E-state index in [1.54, 1.807) is 11.3 Å². The third kappa shape index (κ3) is 4.71. The van der Waals surface area contributed by atoms with Gasteiger partial charge >= 0.3 is 0 Å². The fourth-order valence-electron chi connectivity index (χ4n) is 2.18. The van der Waals surface area contributed by atoms with E-state index < -0.39 is 0 Å². The van der Waals surface area contributed by atoms with Gasteiger partial charge in [-0.05, 0) is 18.4 Å². The minimum atomic E-state index is 0.179. The Morgan fingerprint density at radius 2 is 2.00 bits per heavy atom. The molecule has 1 aromatic heterocycles. The van der Waals surface area contributed by atoms with Crippen molar-refractivity contribution in [3.8, 4) is 0 Å². The first-order chi connectivity index (χ1) is 9.81. The fraction of sp³-hybridized carbons (Fsp3) is 0.438. The third-order valence-electron chi connectivity index (χ3n) is 3.11. The van der Waals surface area contributed by atoms with E-state index in [9.17, 15) is 5.11 Å². The molecule has 0 bridgehead atoms. The molecule has 20 heavy (non-hydrogen) atoms. The minimum absolute atomic E-state index is 0.179. The van der Waals surface area contributed by atoms with Crippen LogP contribution in [0.1, 0.15) is 29.6 Å². The van der Waals surface area contributed by atoms with Crippen molar-refractivity contribution in [1.29, 1.82) is 0 Å². The first-order valence-corrected chi connectivity index (χ1v) is 8.00. The number of thiazole rings is 1. The van der Waals surface area contributed by atoms with E-state index >= 15 is 0 Å². The van der Waals surface area contributed by atoms with Crippen LogP contribution in [-0.4, -0.2) is 28.1 Å². The van der Waals surface area contributed by atoms with Gasteiger partial charge in [0.15, 0.2) is 0 Å². The summed E-state index contributed by atoms with van der Waals surface area (Å²) in [7, 11) is 0. The topological polar surface area (TPSA) is 36.4 Å². The standard InChI is InChI=1S/C16H22N2OS/c1-2-6-16-17-15(13-20-16)12-18(9-10-19)11-14-7-4-3-5-8-14/h3-5,7-8,13,19H,2,6,9-12H2,1H3. The second-order valence-corrected chi connectivity index (χ2v) is 5.85. The van der Waals surface area contributed by atoms with Gasteiger partial charge in [-0.1, -0.05) is 37.3 Å². The predicted octanol–water partition coefficient (Wildman–Crippen LogP) is 3.09. The Bertz CT molecular complexity index is 498. The Labute approximate surface area is 124 Å². The van der Waals surface area contributed by atoms with Crippen LogP contribution < -0.4 is 0 Å². The van der Waals surface area contributed by atoms with Gasteiger partial charge in [-0.3, -0.25) is 4.90 Å². The SMILES string of the molecule is CCCc1nc(CN(CCO)Cc2ccccc2)cs1. The first-order valence-electron chi connectivity index (χ1n) is 7.12. The van der Waals surface area contributed by atoms with Gasteiger partial charge < -0.3 is 5.11 Å². The van der Waals surface area contributed by atoms with Crippen LogP contribution in [0, 0.1) is 0 Å². The van der Waals surface area contributed by atoms with Crippen LogP contribution in [-0.2, 0) is 19.5 Å². The fourth-order valence-corrected chi connectivity index (χ4v) is 3.07. The van der Waals surface area contributed by atoms with Crippen molar-refractivity contribution in [2.24, 2.45) is 0 Å². The quantitative estimate of drug-likeness (QED) is 0.811. The second kappa shape index (κ2) is 8.15. The number of aryl methyl sites for hydroxylation is 1. The van der Waals surface area contributed by atoms with Crippen molar-refractivity contribution < 1.29 is 5.11 Å². The molecule has 0 fully saturated rings. The molecule has 0 amide bonds. The van der Waals surface area contributed by atoms with E-state index in [1.165, 1.54) is 10.6 Å². The molecule has 0 spiro atoms. The highest BCUT2D eigenvalue weighted by Crippen LogP contribution is 2.15. The molecule has 3 nitrogen and oxygen atoms in total. The van der Waals surface area contributed by atoms with Crippen molar-refractivity contribution >= 4 is 11.3 Å². The zero-order valence-electron chi connectivity index (χ0n) is 12.0. The molecule has 0 unspecified atom stereocenters. The van der Waals surface area contributed by atoms with Crippen molar-refractivity contribution in [2.75, 3.05) is 13.2 Å². The van der Waals surface area contributed by atoms with Gasteiger partial charge in [0.1, 0.15) is 0 Å². The van der Waals surface area contributed by atoms with Crippen LogP contribution in [0.15, 0.2) is 35.7 Å². The van der Waals surface area contributed by atoms with Gasteiger partial charge in [0.25, 0.3) is 0 Å². The Morgan fingerprint density at radius 1 is 1.20 bits per heavy atom. The average Bonchev–Trinajstić information content (AvgIpc) is 2.88. The van der Waals surface area contributed by atoms with Gasteiger partial charge in [0.2, 0.25) is 0 Å². The molecule has 4 heteroatoms. The number of aliphatic hydroxyl groups excluding tert-OH is 1. The lowest BCUT2D eigenvalue weighted by Gasteiger charge is -2.20. The van der Waals surface area contributed by atoms with Crippen LogP contribution in [0.25, 0.3) is 0 Å². The Hall–Kier alpha value is -1.23. The van der Waals surface area contributed by atoms with E-state index in [-0.39, 0.29) is 6.61 Å². The van der Waals surface area contributed by atoms with Crippen molar-refractivity contribution in [3.63, 3.8) is 0 Å². The lowest BCUT2D eigenvalue weighted by molar-refractivity contribution is 0.183. The van der Waals surface area contributed by atoms with E-state index in [0.29, 0.717) is 6.54 Å². The molecule has 0 aliphatic carbocycles. The second-order valence-electron chi connectivity index (χ2n) is 4.90. The molecule has 108 valence electrons. The van der Waals surface area contributed by atoms with Crippen LogP contribution >= 0.6 is 11.3 Å². The van der Waals surface area contributed by atoms with Gasteiger partial charge in [0.05, 0.1) is 17.3 Å². The van der Waals surface area contributed by atoms with E-state index in [1.807, 2.05) is 6.07 Å². The monoisotopic (exact) mass is 290 g/mol. The summed E-state index contributed by atoms with van der Waals surface area (Å²) in [6, 6.07) is 10.4. The summed E-state index contributed by atoms with van der Waals surface area (Å²) < 4.78 is 0. The Kier molecular flexibility index (Phi) is 6.18. The predicted molar refractivity (Wildman–Crippen MR) is 83.8 cm³/mol. The molecule has 2 aromatic rings. The first kappa shape index (κ1) is 15.2. The number of hydrogen-bond acceptors (Lipinski definition) is 4. The molecule has 0 atom stereocenters. The third-order valence-corrected chi connectivity index (χ3v) is 4.07. The molecule has 1 aromatic carbocycles. The largest absolute Gasteiger partial charge is 0.395 e. The molecule has 0 radical (unpaired) electrons. The zero-order chi connectivity index (χ0) is 14.2. The maximum absolute atomic E-state index is 9.22. The van der Waals surface area contributed by atoms with Crippen molar-refractivity contribution in [1.82, 2.24) is 9.88 Å². The summed E-state index contributed by atoms with van der Waals surface area (Å²) in [5, 5.41) is 12.6. The van der Waals surface area contributed by atoms with Gasteiger partial charge in [-0.25, -0.2) is 4.98 Å². The molecule has 1 heterocycles. The normalized spacial score (nSPS) is 11.2. The zero-order valence-corrected chi connectivity index (χ0v) is 12.8.